The lowest BCUT2D eigenvalue weighted by Gasteiger charge is -2.35. The Kier molecular flexibility index (Phi) is 11.1. The largest absolute Gasteiger partial charge is 0.355 e. The normalized spacial score (nSPS) is 16.8. The molecule has 3 N–H and O–H groups in total. The van der Waals surface area contributed by atoms with Crippen molar-refractivity contribution in [2.75, 3.05) is 26.7 Å². The summed E-state index contributed by atoms with van der Waals surface area (Å²) in [6, 6.07) is 11.1. The van der Waals surface area contributed by atoms with Crippen molar-refractivity contribution in [3.05, 3.63) is 35.9 Å². The minimum atomic E-state index is -0.0973. The van der Waals surface area contributed by atoms with Crippen LogP contribution in [0, 0.1) is 5.92 Å². The second kappa shape index (κ2) is 12.5. The van der Waals surface area contributed by atoms with Crippen LogP contribution in [0.3, 0.4) is 0 Å². The Morgan fingerprint density at radius 3 is 2.30 bits per heavy atom. The van der Waals surface area contributed by atoms with E-state index in [-0.39, 0.29) is 47.4 Å². The van der Waals surface area contributed by atoms with E-state index in [0.717, 1.165) is 38.4 Å². The van der Waals surface area contributed by atoms with Gasteiger partial charge in [0.2, 0.25) is 5.91 Å². The molecule has 1 aliphatic heterocycles. The molecule has 0 aromatic heterocycles. The Hall–Kier alpha value is -1.35. The van der Waals surface area contributed by atoms with Crippen LogP contribution < -0.4 is 16.0 Å². The number of nitrogens with one attached hydrogen (secondary N) is 3. The zero-order chi connectivity index (χ0) is 21.4. The lowest BCUT2D eigenvalue weighted by molar-refractivity contribution is -0.135. The van der Waals surface area contributed by atoms with Crippen LogP contribution in [0.15, 0.2) is 35.3 Å². The molecule has 0 spiro atoms. The lowest BCUT2D eigenvalue weighted by atomic mass is 10.0. The molecule has 1 atom stereocenters. The van der Waals surface area contributed by atoms with E-state index in [1.165, 1.54) is 5.56 Å². The number of carbonyl (C=O) groups excluding carboxylic acids is 1. The van der Waals surface area contributed by atoms with Gasteiger partial charge in [-0.2, -0.15) is 0 Å². The van der Waals surface area contributed by atoms with E-state index in [4.69, 9.17) is 0 Å². The zero-order valence-corrected chi connectivity index (χ0v) is 21.7. The van der Waals surface area contributed by atoms with Gasteiger partial charge in [0.25, 0.3) is 0 Å². The van der Waals surface area contributed by atoms with Crippen molar-refractivity contribution in [1.29, 1.82) is 0 Å². The Morgan fingerprint density at radius 2 is 1.77 bits per heavy atom. The van der Waals surface area contributed by atoms with E-state index in [2.05, 4.69) is 66.0 Å². The Morgan fingerprint density at radius 1 is 1.17 bits per heavy atom. The summed E-state index contributed by atoms with van der Waals surface area (Å²) in [5.74, 6) is 1.15. The lowest BCUT2D eigenvalue weighted by Crippen LogP contribution is -2.55. The fraction of sp³-hybridized carbons (Fsp3) is 0.652. The molecule has 30 heavy (non-hydrogen) atoms. The fourth-order valence-corrected chi connectivity index (χ4v) is 3.76. The van der Waals surface area contributed by atoms with Gasteiger partial charge in [-0.3, -0.25) is 9.79 Å². The van der Waals surface area contributed by atoms with Gasteiger partial charge in [0, 0.05) is 50.2 Å². The summed E-state index contributed by atoms with van der Waals surface area (Å²) in [7, 11) is 1.81. The van der Waals surface area contributed by atoms with Crippen molar-refractivity contribution in [3.8, 4) is 0 Å². The molecule has 0 aliphatic carbocycles. The molecule has 7 heteroatoms. The molecule has 1 saturated heterocycles. The van der Waals surface area contributed by atoms with Crippen molar-refractivity contribution < 1.29 is 4.79 Å². The molecule has 1 fully saturated rings. The van der Waals surface area contributed by atoms with Crippen molar-refractivity contribution in [2.45, 2.75) is 65.1 Å². The van der Waals surface area contributed by atoms with E-state index in [9.17, 15) is 4.79 Å². The third-order valence-corrected chi connectivity index (χ3v) is 5.47. The minimum absolute atomic E-state index is 0. The Bertz CT molecular complexity index is 669. The summed E-state index contributed by atoms with van der Waals surface area (Å²) in [6.07, 6.45) is 1.90. The van der Waals surface area contributed by atoms with Gasteiger partial charge < -0.3 is 20.9 Å². The topological polar surface area (TPSA) is 68.8 Å². The summed E-state index contributed by atoms with van der Waals surface area (Å²) in [5, 5.41) is 10.7. The number of rotatable bonds is 7. The average Bonchev–Trinajstić information content (AvgIpc) is 2.71. The first-order valence-corrected chi connectivity index (χ1v) is 10.8. The van der Waals surface area contributed by atoms with E-state index in [0.29, 0.717) is 6.04 Å². The van der Waals surface area contributed by atoms with Crippen LogP contribution in [0.5, 0.6) is 0 Å². The number of aliphatic imine (C=N–C) groups is 1. The number of guanidine groups is 1. The predicted octanol–water partition coefficient (Wildman–Crippen LogP) is 3.55. The molecule has 1 unspecified atom stereocenters. The third-order valence-electron chi connectivity index (χ3n) is 5.47. The van der Waals surface area contributed by atoms with Crippen LogP contribution in [0.25, 0.3) is 0 Å². The molecule has 1 aliphatic rings. The number of likely N-dealkylation sites (tertiary alicyclic amines) is 1. The minimum Gasteiger partial charge on any atom is -0.355 e. The maximum atomic E-state index is 12.1. The van der Waals surface area contributed by atoms with Gasteiger partial charge >= 0.3 is 0 Å². The van der Waals surface area contributed by atoms with Gasteiger partial charge in [-0.05, 0) is 39.2 Å². The predicted molar refractivity (Wildman–Crippen MR) is 136 cm³/mol. The number of hydrogen-bond acceptors (Lipinski definition) is 3. The molecular weight excluding hydrogens is 489 g/mol. The molecule has 6 nitrogen and oxygen atoms in total. The second-order valence-corrected chi connectivity index (χ2v) is 8.98. The molecule has 0 saturated carbocycles. The zero-order valence-electron chi connectivity index (χ0n) is 19.4. The first-order valence-electron chi connectivity index (χ1n) is 10.8. The van der Waals surface area contributed by atoms with Gasteiger partial charge in [-0.1, -0.05) is 44.2 Å². The standard InChI is InChI=1S/C23H39N5O.HI/c1-17(2)21(29)28-14-12-20(13-15-28)26-22(24-6)25-16-23(4,5)27-18(3)19-10-8-7-9-11-19;/h7-11,17-18,20,27H,12-16H2,1-6H3,(H2,24,25,26);1H. The molecule has 2 rings (SSSR count). The van der Waals surface area contributed by atoms with Crippen molar-refractivity contribution >= 4 is 35.8 Å². The number of benzene rings is 1. The summed E-state index contributed by atoms with van der Waals surface area (Å²) < 4.78 is 0. The van der Waals surface area contributed by atoms with Crippen LogP contribution in [0.2, 0.25) is 0 Å². The number of nitrogens with zero attached hydrogens (tertiary/aromatic N) is 2. The van der Waals surface area contributed by atoms with Crippen molar-refractivity contribution in [1.82, 2.24) is 20.9 Å². The Labute approximate surface area is 199 Å². The molecule has 1 amide bonds. The van der Waals surface area contributed by atoms with Crippen molar-refractivity contribution in [3.63, 3.8) is 0 Å². The maximum absolute atomic E-state index is 12.1. The van der Waals surface area contributed by atoms with E-state index in [1.807, 2.05) is 24.8 Å². The summed E-state index contributed by atoms with van der Waals surface area (Å²) >= 11 is 0. The highest BCUT2D eigenvalue weighted by atomic mass is 127. The molecule has 0 radical (unpaired) electrons. The Balaban J connectivity index is 0.00000450. The SMILES string of the molecule is CN=C(NCC(C)(C)NC(C)c1ccccc1)NC1CCN(C(=O)C(C)C)CC1.I. The molecule has 0 bridgehead atoms. The van der Waals surface area contributed by atoms with Crippen LogP contribution in [-0.4, -0.2) is 55.0 Å². The highest BCUT2D eigenvalue weighted by molar-refractivity contribution is 14.0. The molecule has 170 valence electrons. The van der Waals surface area contributed by atoms with Gasteiger partial charge in [0.15, 0.2) is 5.96 Å². The molecule has 1 aromatic carbocycles. The van der Waals surface area contributed by atoms with E-state index < -0.39 is 0 Å². The van der Waals surface area contributed by atoms with Gasteiger partial charge in [0.1, 0.15) is 0 Å². The average molecular weight is 530 g/mol. The first-order chi connectivity index (χ1) is 13.7. The van der Waals surface area contributed by atoms with E-state index in [1.54, 1.807) is 7.05 Å². The summed E-state index contributed by atoms with van der Waals surface area (Å²) in [5.41, 5.74) is 1.19. The second-order valence-electron chi connectivity index (χ2n) is 8.98. The van der Waals surface area contributed by atoms with Crippen LogP contribution in [0.4, 0.5) is 0 Å². The molecule has 1 heterocycles. The highest BCUT2D eigenvalue weighted by Gasteiger charge is 2.25. The van der Waals surface area contributed by atoms with Crippen LogP contribution >= 0.6 is 24.0 Å². The van der Waals surface area contributed by atoms with Crippen LogP contribution in [-0.2, 0) is 4.79 Å². The fourth-order valence-electron chi connectivity index (χ4n) is 3.76. The number of piperidine rings is 1. The monoisotopic (exact) mass is 529 g/mol. The quantitative estimate of drug-likeness (QED) is 0.287. The number of hydrogen-bond donors (Lipinski definition) is 3. The smallest absolute Gasteiger partial charge is 0.225 e. The first kappa shape index (κ1) is 26.7. The third kappa shape index (κ3) is 8.41. The molecular formula is C23H40IN5O. The van der Waals surface area contributed by atoms with Gasteiger partial charge in [-0.25, -0.2) is 0 Å². The number of halogens is 1. The summed E-state index contributed by atoms with van der Waals surface area (Å²) in [6.45, 7) is 12.9. The van der Waals surface area contributed by atoms with Crippen LogP contribution in [0.1, 0.15) is 59.1 Å². The van der Waals surface area contributed by atoms with Gasteiger partial charge in [-0.15, -0.1) is 24.0 Å². The highest BCUT2D eigenvalue weighted by Crippen LogP contribution is 2.16. The number of carbonyl (C=O) groups is 1. The maximum Gasteiger partial charge on any atom is 0.225 e. The molecule has 1 aromatic rings. The number of amides is 1. The van der Waals surface area contributed by atoms with E-state index >= 15 is 0 Å². The van der Waals surface area contributed by atoms with Gasteiger partial charge in [0.05, 0.1) is 0 Å². The van der Waals surface area contributed by atoms with Crippen molar-refractivity contribution in [2.24, 2.45) is 10.9 Å². The summed E-state index contributed by atoms with van der Waals surface area (Å²) in [4.78, 5) is 18.5.